The lowest BCUT2D eigenvalue weighted by Crippen LogP contribution is -2.79. The smallest absolute Gasteiger partial charge is 0.206 e. The first kappa shape index (κ1) is 23.4. The van der Waals surface area contributed by atoms with Crippen LogP contribution < -0.4 is 30.5 Å². The number of nitrogens with zero attached hydrogens (tertiary/aromatic N) is 2. The number of benzene rings is 6. The van der Waals surface area contributed by atoms with Crippen LogP contribution in [0, 0.1) is 0 Å². The SMILES string of the molecule is c1ccc(N2c3ccccc3[Si]3(c4ccccc4)c4c2cccc4N(c2ccccc2)c2oc4ccccc4c23)cc1. The third-order valence-corrected chi connectivity index (χ3v) is 13.7. The highest BCUT2D eigenvalue weighted by molar-refractivity contribution is 7.23. The number of para-hydroxylation sites is 4. The Morgan fingerprint density at radius 2 is 0.976 bits per heavy atom. The number of anilines is 6. The quantitative estimate of drug-likeness (QED) is 0.213. The molecule has 9 rings (SSSR count). The molecule has 6 aromatic carbocycles. The second kappa shape index (κ2) is 8.84. The number of furan rings is 1. The van der Waals surface area contributed by atoms with Crippen LogP contribution in [0.15, 0.2) is 162 Å². The molecule has 0 spiro atoms. The number of hydrogen-bond donors (Lipinski definition) is 0. The molecule has 1 unspecified atom stereocenters. The topological polar surface area (TPSA) is 19.6 Å². The predicted molar refractivity (Wildman–Crippen MR) is 176 cm³/mol. The molecule has 0 amide bonds. The van der Waals surface area contributed by atoms with Gasteiger partial charge in [0.1, 0.15) is 5.58 Å². The summed E-state index contributed by atoms with van der Waals surface area (Å²) in [6.07, 6.45) is 0. The van der Waals surface area contributed by atoms with Crippen molar-refractivity contribution in [3.63, 3.8) is 0 Å². The monoisotopic (exact) mass is 554 g/mol. The summed E-state index contributed by atoms with van der Waals surface area (Å²) < 4.78 is 6.93. The van der Waals surface area contributed by atoms with Gasteiger partial charge in [-0.25, -0.2) is 0 Å². The molecular formula is C38H26N2OSi. The molecule has 198 valence electrons. The van der Waals surface area contributed by atoms with Crippen molar-refractivity contribution in [1.82, 2.24) is 0 Å². The van der Waals surface area contributed by atoms with Crippen molar-refractivity contribution >= 4 is 74.1 Å². The average Bonchev–Trinajstić information content (AvgIpc) is 3.45. The fourth-order valence-corrected chi connectivity index (χ4v) is 12.8. The van der Waals surface area contributed by atoms with E-state index in [1.165, 1.54) is 43.2 Å². The molecular weight excluding hydrogens is 529 g/mol. The van der Waals surface area contributed by atoms with Gasteiger partial charge in [-0.2, -0.15) is 0 Å². The Bertz CT molecular complexity index is 2110. The van der Waals surface area contributed by atoms with E-state index in [4.69, 9.17) is 4.42 Å². The van der Waals surface area contributed by atoms with Gasteiger partial charge < -0.3 is 9.32 Å². The third kappa shape index (κ3) is 2.99. The maximum atomic E-state index is 6.93. The Morgan fingerprint density at radius 1 is 0.429 bits per heavy atom. The van der Waals surface area contributed by atoms with E-state index in [-0.39, 0.29) is 0 Å². The van der Waals surface area contributed by atoms with Crippen molar-refractivity contribution in [3.8, 4) is 0 Å². The van der Waals surface area contributed by atoms with Gasteiger partial charge in [0, 0.05) is 38.5 Å². The fourth-order valence-electron chi connectivity index (χ4n) is 7.28. The molecule has 2 aliphatic rings. The molecule has 0 fully saturated rings. The van der Waals surface area contributed by atoms with Crippen LogP contribution in [0.1, 0.15) is 0 Å². The van der Waals surface area contributed by atoms with Crippen LogP contribution in [-0.2, 0) is 0 Å². The summed E-state index contributed by atoms with van der Waals surface area (Å²) in [6, 6.07) is 57.0. The van der Waals surface area contributed by atoms with E-state index >= 15 is 0 Å². The van der Waals surface area contributed by atoms with Crippen LogP contribution in [-0.4, -0.2) is 8.07 Å². The molecule has 0 saturated heterocycles. The van der Waals surface area contributed by atoms with Crippen LogP contribution in [0.3, 0.4) is 0 Å². The van der Waals surface area contributed by atoms with E-state index in [9.17, 15) is 0 Å². The highest BCUT2D eigenvalue weighted by atomic mass is 28.3. The van der Waals surface area contributed by atoms with Gasteiger partial charge in [-0.1, -0.05) is 109 Å². The summed E-state index contributed by atoms with van der Waals surface area (Å²) in [7, 11) is -2.89. The minimum Gasteiger partial charge on any atom is -0.440 e. The van der Waals surface area contributed by atoms with Gasteiger partial charge >= 0.3 is 0 Å². The first-order valence-corrected chi connectivity index (χ1v) is 16.4. The number of hydrogen-bond acceptors (Lipinski definition) is 3. The van der Waals surface area contributed by atoms with Crippen molar-refractivity contribution in [2.24, 2.45) is 0 Å². The Labute approximate surface area is 245 Å². The van der Waals surface area contributed by atoms with E-state index in [2.05, 4.69) is 168 Å². The summed E-state index contributed by atoms with van der Waals surface area (Å²) in [5.41, 5.74) is 6.80. The molecule has 1 aromatic heterocycles. The van der Waals surface area contributed by atoms with Gasteiger partial charge in [-0.15, -0.1) is 0 Å². The maximum Gasteiger partial charge on any atom is 0.206 e. The first-order chi connectivity index (χ1) is 20.9. The standard InChI is InChI=1S/C38H26N2OSi/c1-4-15-27(16-5-1)39-31-22-11-13-26-35(31)42(29-19-8-3-9-20-29)36-30-21-10-12-25-34(30)41-38(36)40(28-17-6-2-7-18-28)33-24-14-23-32(39)37(33)42/h1-26H. The van der Waals surface area contributed by atoms with Crippen molar-refractivity contribution in [3.05, 3.63) is 158 Å². The van der Waals surface area contributed by atoms with E-state index in [1.807, 2.05) is 0 Å². The zero-order chi connectivity index (χ0) is 27.7. The Hall–Kier alpha value is -5.32. The number of rotatable bonds is 3. The zero-order valence-corrected chi connectivity index (χ0v) is 23.8. The lowest BCUT2D eigenvalue weighted by molar-refractivity contribution is 0.622. The molecule has 0 bridgehead atoms. The second-order valence-corrected chi connectivity index (χ2v) is 14.5. The molecule has 1 atom stereocenters. The van der Waals surface area contributed by atoms with E-state index in [0.29, 0.717) is 0 Å². The molecule has 7 aromatic rings. The molecule has 0 N–H and O–H groups in total. The molecule has 2 aliphatic heterocycles. The summed E-state index contributed by atoms with van der Waals surface area (Å²) in [5, 5.41) is 6.63. The van der Waals surface area contributed by atoms with E-state index < -0.39 is 8.07 Å². The van der Waals surface area contributed by atoms with Crippen LogP contribution in [0.25, 0.3) is 11.0 Å². The molecule has 0 radical (unpaired) electrons. The van der Waals surface area contributed by atoms with Gasteiger partial charge in [0.15, 0.2) is 8.07 Å². The summed E-state index contributed by atoms with van der Waals surface area (Å²) in [6.45, 7) is 0. The third-order valence-electron chi connectivity index (χ3n) is 8.82. The zero-order valence-electron chi connectivity index (χ0n) is 22.8. The van der Waals surface area contributed by atoms with Gasteiger partial charge in [-0.3, -0.25) is 4.90 Å². The van der Waals surface area contributed by atoms with Gasteiger partial charge in [0.2, 0.25) is 5.88 Å². The fraction of sp³-hybridized carbons (Fsp3) is 0. The van der Waals surface area contributed by atoms with Gasteiger partial charge in [0.25, 0.3) is 0 Å². The summed E-state index contributed by atoms with van der Waals surface area (Å²) in [4.78, 5) is 4.80. The van der Waals surface area contributed by atoms with E-state index in [0.717, 1.165) is 22.8 Å². The second-order valence-electron chi connectivity index (χ2n) is 10.9. The molecule has 3 heterocycles. The first-order valence-electron chi connectivity index (χ1n) is 14.4. The maximum absolute atomic E-state index is 6.93. The predicted octanol–water partition coefficient (Wildman–Crippen LogP) is 7.38. The van der Waals surface area contributed by atoms with Crippen molar-refractivity contribution in [2.45, 2.75) is 0 Å². The molecule has 42 heavy (non-hydrogen) atoms. The van der Waals surface area contributed by atoms with Gasteiger partial charge in [-0.05, 0) is 58.9 Å². The highest BCUT2D eigenvalue weighted by Crippen LogP contribution is 2.47. The Morgan fingerprint density at radius 3 is 1.71 bits per heavy atom. The van der Waals surface area contributed by atoms with Gasteiger partial charge in [0.05, 0.1) is 5.69 Å². The summed E-state index contributed by atoms with van der Waals surface area (Å²) >= 11 is 0. The van der Waals surface area contributed by atoms with Crippen LogP contribution in [0.5, 0.6) is 0 Å². The molecule has 0 aliphatic carbocycles. The molecule has 3 nitrogen and oxygen atoms in total. The van der Waals surface area contributed by atoms with E-state index in [1.54, 1.807) is 0 Å². The minimum absolute atomic E-state index is 0.920. The van der Waals surface area contributed by atoms with Crippen molar-refractivity contribution < 1.29 is 4.42 Å². The number of fused-ring (bicyclic) bond motifs is 6. The largest absolute Gasteiger partial charge is 0.440 e. The van der Waals surface area contributed by atoms with Crippen molar-refractivity contribution in [1.29, 1.82) is 0 Å². The lowest BCUT2D eigenvalue weighted by Gasteiger charge is -2.49. The van der Waals surface area contributed by atoms with Crippen LogP contribution in [0.4, 0.5) is 34.3 Å². The average molecular weight is 555 g/mol. The Kier molecular flexibility index (Phi) is 4.92. The molecule has 0 saturated carbocycles. The Balaban J connectivity index is 1.53. The normalized spacial score (nSPS) is 16.6. The lowest BCUT2D eigenvalue weighted by atomic mass is 10.1. The minimum atomic E-state index is -2.89. The van der Waals surface area contributed by atoms with Crippen molar-refractivity contribution in [2.75, 3.05) is 9.80 Å². The van der Waals surface area contributed by atoms with Crippen LogP contribution >= 0.6 is 0 Å². The molecule has 4 heteroatoms. The highest BCUT2D eigenvalue weighted by Gasteiger charge is 2.56. The summed E-state index contributed by atoms with van der Waals surface area (Å²) in [5.74, 6) is 0.922. The van der Waals surface area contributed by atoms with Crippen LogP contribution in [0.2, 0.25) is 0 Å².